The summed E-state index contributed by atoms with van der Waals surface area (Å²) >= 11 is 0. The minimum Gasteiger partial charge on any atom is -0.326 e. The molecule has 25 heavy (non-hydrogen) atoms. The quantitative estimate of drug-likeness (QED) is 0.808. The summed E-state index contributed by atoms with van der Waals surface area (Å²) in [5, 5.41) is 4.91. The van der Waals surface area contributed by atoms with Crippen molar-refractivity contribution in [2.45, 2.75) is 26.4 Å². The first-order chi connectivity index (χ1) is 11.6. The van der Waals surface area contributed by atoms with Gasteiger partial charge in [-0.1, -0.05) is 23.8 Å². The molecule has 0 heterocycles. The molecule has 0 spiro atoms. The number of aryl methyl sites for hydroxylation is 2. The molecule has 0 atom stereocenters. The molecule has 0 aliphatic carbocycles. The van der Waals surface area contributed by atoms with Crippen LogP contribution in [0.4, 0.5) is 24.5 Å². The Morgan fingerprint density at radius 1 is 0.960 bits per heavy atom. The van der Waals surface area contributed by atoms with Gasteiger partial charge in [-0.2, -0.15) is 13.2 Å². The highest BCUT2D eigenvalue weighted by molar-refractivity contribution is 6.08. The predicted molar refractivity (Wildman–Crippen MR) is 89.2 cm³/mol. The van der Waals surface area contributed by atoms with Crippen molar-refractivity contribution >= 4 is 23.2 Å². The summed E-state index contributed by atoms with van der Waals surface area (Å²) in [6.07, 6.45) is -5.00. The van der Waals surface area contributed by atoms with E-state index in [2.05, 4.69) is 10.6 Å². The molecular formula is C18H17F3N2O2. The highest BCUT2D eigenvalue weighted by Gasteiger charge is 2.30. The van der Waals surface area contributed by atoms with Crippen molar-refractivity contribution in [1.82, 2.24) is 0 Å². The first-order valence-corrected chi connectivity index (χ1v) is 7.49. The van der Waals surface area contributed by atoms with Crippen molar-refractivity contribution in [3.63, 3.8) is 0 Å². The fourth-order valence-electron chi connectivity index (χ4n) is 2.27. The molecule has 0 unspecified atom stereocenters. The molecule has 2 aromatic carbocycles. The SMILES string of the molecule is Cc1ccc(NC(=O)CC(=O)Nc2cccc(C(F)(F)F)c2)c(C)c1. The van der Waals surface area contributed by atoms with Crippen LogP contribution in [0.5, 0.6) is 0 Å². The lowest BCUT2D eigenvalue weighted by molar-refractivity contribution is -0.137. The van der Waals surface area contributed by atoms with Crippen LogP contribution in [-0.2, 0) is 15.8 Å². The summed E-state index contributed by atoms with van der Waals surface area (Å²) in [5.74, 6) is -1.24. The Morgan fingerprint density at radius 3 is 2.28 bits per heavy atom. The predicted octanol–water partition coefficient (Wildman–Crippen LogP) is 4.29. The lowest BCUT2D eigenvalue weighted by atomic mass is 10.1. The molecule has 0 saturated carbocycles. The average Bonchev–Trinajstić information content (AvgIpc) is 2.49. The number of carbonyl (C=O) groups excluding carboxylic acids is 2. The number of benzene rings is 2. The fraction of sp³-hybridized carbons (Fsp3) is 0.222. The van der Waals surface area contributed by atoms with Gasteiger partial charge >= 0.3 is 6.18 Å². The third-order valence-electron chi connectivity index (χ3n) is 3.45. The normalized spacial score (nSPS) is 11.1. The second-order valence-corrected chi connectivity index (χ2v) is 5.67. The van der Waals surface area contributed by atoms with Crippen LogP contribution in [0.2, 0.25) is 0 Å². The van der Waals surface area contributed by atoms with Crippen LogP contribution in [0, 0.1) is 13.8 Å². The first kappa shape index (κ1) is 18.5. The van der Waals surface area contributed by atoms with Crippen LogP contribution in [0.3, 0.4) is 0 Å². The number of hydrogen-bond acceptors (Lipinski definition) is 2. The van der Waals surface area contributed by atoms with Gasteiger partial charge in [-0.3, -0.25) is 9.59 Å². The van der Waals surface area contributed by atoms with Crippen LogP contribution in [0.1, 0.15) is 23.1 Å². The number of halogens is 3. The zero-order valence-corrected chi connectivity index (χ0v) is 13.7. The summed E-state index contributed by atoms with van der Waals surface area (Å²) in [6.45, 7) is 3.74. The van der Waals surface area contributed by atoms with E-state index < -0.39 is 30.0 Å². The van der Waals surface area contributed by atoms with Gasteiger partial charge in [-0.05, 0) is 43.7 Å². The van der Waals surface area contributed by atoms with E-state index in [9.17, 15) is 22.8 Å². The van der Waals surface area contributed by atoms with Crippen LogP contribution in [-0.4, -0.2) is 11.8 Å². The van der Waals surface area contributed by atoms with E-state index in [1.807, 2.05) is 26.0 Å². The number of anilines is 2. The molecule has 0 fully saturated rings. The fourth-order valence-corrected chi connectivity index (χ4v) is 2.27. The van der Waals surface area contributed by atoms with Crippen LogP contribution < -0.4 is 10.6 Å². The summed E-state index contributed by atoms with van der Waals surface area (Å²) in [6, 6.07) is 9.68. The van der Waals surface area contributed by atoms with E-state index in [1.54, 1.807) is 6.07 Å². The monoisotopic (exact) mass is 350 g/mol. The van der Waals surface area contributed by atoms with E-state index >= 15 is 0 Å². The Hall–Kier alpha value is -2.83. The molecule has 0 aliphatic heterocycles. The number of nitrogens with one attached hydrogen (secondary N) is 2. The van der Waals surface area contributed by atoms with Gasteiger partial charge in [0.05, 0.1) is 5.56 Å². The lowest BCUT2D eigenvalue weighted by Gasteiger charge is -2.11. The summed E-state index contributed by atoms with van der Waals surface area (Å²) < 4.78 is 37.9. The van der Waals surface area contributed by atoms with Crippen molar-refractivity contribution in [2.75, 3.05) is 10.6 Å². The van der Waals surface area contributed by atoms with E-state index in [1.165, 1.54) is 12.1 Å². The molecule has 0 bridgehead atoms. The number of amides is 2. The summed E-state index contributed by atoms with van der Waals surface area (Å²) in [7, 11) is 0. The first-order valence-electron chi connectivity index (χ1n) is 7.49. The number of carbonyl (C=O) groups is 2. The van der Waals surface area contributed by atoms with Gasteiger partial charge in [0.2, 0.25) is 11.8 Å². The molecule has 132 valence electrons. The lowest BCUT2D eigenvalue weighted by Crippen LogP contribution is -2.22. The van der Waals surface area contributed by atoms with Gasteiger partial charge < -0.3 is 10.6 Å². The number of rotatable bonds is 4. The van der Waals surface area contributed by atoms with Gasteiger partial charge in [0.15, 0.2) is 0 Å². The molecule has 2 aromatic rings. The van der Waals surface area contributed by atoms with Crippen molar-refractivity contribution in [3.8, 4) is 0 Å². The smallest absolute Gasteiger partial charge is 0.326 e. The zero-order valence-electron chi connectivity index (χ0n) is 13.7. The molecule has 0 aromatic heterocycles. The maximum atomic E-state index is 12.6. The minimum absolute atomic E-state index is 0.0147. The molecule has 7 heteroatoms. The largest absolute Gasteiger partial charge is 0.416 e. The highest BCUT2D eigenvalue weighted by Crippen LogP contribution is 2.30. The van der Waals surface area contributed by atoms with Crippen LogP contribution in [0.15, 0.2) is 42.5 Å². The van der Waals surface area contributed by atoms with E-state index in [-0.39, 0.29) is 5.69 Å². The molecular weight excluding hydrogens is 333 g/mol. The minimum atomic E-state index is -4.50. The summed E-state index contributed by atoms with van der Waals surface area (Å²) in [4.78, 5) is 23.8. The second kappa shape index (κ2) is 7.38. The topological polar surface area (TPSA) is 58.2 Å². The van der Waals surface area contributed by atoms with Gasteiger partial charge in [-0.15, -0.1) is 0 Å². The Kier molecular flexibility index (Phi) is 5.46. The Bertz CT molecular complexity index is 801. The van der Waals surface area contributed by atoms with Gasteiger partial charge in [0.1, 0.15) is 6.42 Å². The molecule has 0 aliphatic rings. The van der Waals surface area contributed by atoms with E-state index in [0.29, 0.717) is 5.69 Å². The average molecular weight is 350 g/mol. The number of alkyl halides is 3. The maximum Gasteiger partial charge on any atom is 0.416 e. The highest BCUT2D eigenvalue weighted by atomic mass is 19.4. The Labute approximate surface area is 143 Å². The third kappa shape index (κ3) is 5.34. The third-order valence-corrected chi connectivity index (χ3v) is 3.45. The van der Waals surface area contributed by atoms with Crippen LogP contribution in [0.25, 0.3) is 0 Å². The van der Waals surface area contributed by atoms with Gasteiger partial charge in [-0.25, -0.2) is 0 Å². The van der Waals surface area contributed by atoms with E-state index in [4.69, 9.17) is 0 Å². The van der Waals surface area contributed by atoms with Crippen molar-refractivity contribution in [1.29, 1.82) is 0 Å². The summed E-state index contributed by atoms with van der Waals surface area (Å²) in [5.41, 5.74) is 1.59. The van der Waals surface area contributed by atoms with Crippen molar-refractivity contribution < 1.29 is 22.8 Å². The van der Waals surface area contributed by atoms with Gasteiger partial charge in [0, 0.05) is 11.4 Å². The molecule has 2 amide bonds. The second-order valence-electron chi connectivity index (χ2n) is 5.67. The molecule has 2 rings (SSSR count). The van der Waals surface area contributed by atoms with Crippen LogP contribution >= 0.6 is 0 Å². The molecule has 4 nitrogen and oxygen atoms in total. The van der Waals surface area contributed by atoms with Gasteiger partial charge in [0.25, 0.3) is 0 Å². The Balaban J connectivity index is 1.97. The van der Waals surface area contributed by atoms with Crippen molar-refractivity contribution in [3.05, 3.63) is 59.2 Å². The van der Waals surface area contributed by atoms with Crippen molar-refractivity contribution in [2.24, 2.45) is 0 Å². The molecule has 0 radical (unpaired) electrons. The number of hydrogen-bond donors (Lipinski definition) is 2. The molecule has 0 saturated heterocycles. The zero-order chi connectivity index (χ0) is 18.6. The van der Waals surface area contributed by atoms with E-state index in [0.717, 1.165) is 23.3 Å². The Morgan fingerprint density at radius 2 is 1.64 bits per heavy atom. The maximum absolute atomic E-state index is 12.6. The standard InChI is InChI=1S/C18H17F3N2O2/c1-11-6-7-15(12(2)8-11)23-17(25)10-16(24)22-14-5-3-4-13(9-14)18(19,20)21/h3-9H,10H2,1-2H3,(H,22,24)(H,23,25). The molecule has 2 N–H and O–H groups in total.